The summed E-state index contributed by atoms with van der Waals surface area (Å²) in [5.41, 5.74) is 3.62. The first-order chi connectivity index (χ1) is 7.09. The van der Waals surface area contributed by atoms with Gasteiger partial charge in [-0.25, -0.2) is 0 Å². The second-order valence-electron chi connectivity index (χ2n) is 3.77. The molecule has 3 nitrogen and oxygen atoms in total. The van der Waals surface area contributed by atoms with Gasteiger partial charge in [-0.3, -0.25) is 4.68 Å². The van der Waals surface area contributed by atoms with E-state index in [0.29, 0.717) is 5.69 Å². The van der Waals surface area contributed by atoms with Gasteiger partial charge < -0.3 is 5.11 Å². The number of aromatic nitrogens is 2. The Hall–Kier alpha value is -1.77. The van der Waals surface area contributed by atoms with Crippen molar-refractivity contribution in [3.63, 3.8) is 0 Å². The fourth-order valence-corrected chi connectivity index (χ4v) is 1.68. The minimum absolute atomic E-state index is 0.265. The van der Waals surface area contributed by atoms with E-state index in [1.807, 2.05) is 38.2 Å². The Morgan fingerprint density at radius 2 is 1.73 bits per heavy atom. The van der Waals surface area contributed by atoms with Gasteiger partial charge in [0.15, 0.2) is 5.75 Å². The van der Waals surface area contributed by atoms with Gasteiger partial charge >= 0.3 is 0 Å². The van der Waals surface area contributed by atoms with Crippen molar-refractivity contribution in [3.05, 3.63) is 35.5 Å². The number of hydrogen-bond donors (Lipinski definition) is 1. The lowest BCUT2D eigenvalue weighted by molar-refractivity contribution is 0.473. The highest BCUT2D eigenvalue weighted by Crippen LogP contribution is 2.31. The van der Waals surface area contributed by atoms with Gasteiger partial charge in [0.2, 0.25) is 0 Å². The molecule has 3 heteroatoms. The van der Waals surface area contributed by atoms with E-state index in [1.54, 1.807) is 11.6 Å². The number of hydrogen-bond acceptors (Lipinski definition) is 2. The van der Waals surface area contributed by atoms with E-state index < -0.39 is 0 Å². The molecular weight excluding hydrogens is 188 g/mol. The van der Waals surface area contributed by atoms with Gasteiger partial charge in [0.25, 0.3) is 0 Å². The first-order valence-electron chi connectivity index (χ1n) is 4.89. The molecule has 0 spiro atoms. The maximum absolute atomic E-state index is 9.86. The molecule has 0 aliphatic heterocycles. The van der Waals surface area contributed by atoms with Gasteiger partial charge in [-0.05, 0) is 13.8 Å². The molecule has 1 heterocycles. The summed E-state index contributed by atoms with van der Waals surface area (Å²) in [5, 5.41) is 14.0. The van der Waals surface area contributed by atoms with E-state index in [0.717, 1.165) is 11.3 Å². The van der Waals surface area contributed by atoms with Crippen molar-refractivity contribution in [1.82, 2.24) is 9.78 Å². The summed E-state index contributed by atoms with van der Waals surface area (Å²) in [4.78, 5) is 0. The van der Waals surface area contributed by atoms with Crippen LogP contribution in [0.4, 0.5) is 0 Å². The van der Waals surface area contributed by atoms with Crippen LogP contribution in [0.2, 0.25) is 0 Å². The molecule has 0 unspecified atom stereocenters. The van der Waals surface area contributed by atoms with E-state index in [1.165, 1.54) is 5.56 Å². The largest absolute Gasteiger partial charge is 0.504 e. The Balaban J connectivity index is 2.58. The highest BCUT2D eigenvalue weighted by Gasteiger charge is 2.13. The Morgan fingerprint density at radius 3 is 2.20 bits per heavy atom. The lowest BCUT2D eigenvalue weighted by atomic mass is 10.1. The average Bonchev–Trinajstić information content (AvgIpc) is 2.44. The molecule has 0 bridgehead atoms. The van der Waals surface area contributed by atoms with Crippen molar-refractivity contribution in [2.45, 2.75) is 13.8 Å². The van der Waals surface area contributed by atoms with Crippen LogP contribution in [0.25, 0.3) is 11.3 Å². The summed E-state index contributed by atoms with van der Waals surface area (Å²) in [6.07, 6.45) is 0. The molecular formula is C12H14N2O. The predicted octanol–water partition coefficient (Wildman–Crippen LogP) is 2.41. The van der Waals surface area contributed by atoms with E-state index in [4.69, 9.17) is 0 Å². The van der Waals surface area contributed by atoms with Crippen LogP contribution in [-0.2, 0) is 7.05 Å². The van der Waals surface area contributed by atoms with Gasteiger partial charge in [0.1, 0.15) is 11.4 Å². The second-order valence-corrected chi connectivity index (χ2v) is 3.77. The fraction of sp³-hybridized carbons (Fsp3) is 0.250. The van der Waals surface area contributed by atoms with E-state index in [2.05, 4.69) is 5.10 Å². The SMILES string of the molecule is Cc1ccc(-c2c(O)c(C)nn2C)cc1. The molecule has 2 rings (SSSR count). The molecule has 0 fully saturated rings. The summed E-state index contributed by atoms with van der Waals surface area (Å²) >= 11 is 0. The summed E-state index contributed by atoms with van der Waals surface area (Å²) in [5.74, 6) is 0.265. The maximum Gasteiger partial charge on any atom is 0.164 e. The molecule has 78 valence electrons. The fourth-order valence-electron chi connectivity index (χ4n) is 1.68. The Morgan fingerprint density at radius 1 is 1.13 bits per heavy atom. The molecule has 0 amide bonds. The van der Waals surface area contributed by atoms with Crippen molar-refractivity contribution in [2.75, 3.05) is 0 Å². The van der Waals surface area contributed by atoms with Crippen molar-refractivity contribution >= 4 is 0 Å². The summed E-state index contributed by atoms with van der Waals surface area (Å²) in [7, 11) is 1.84. The quantitative estimate of drug-likeness (QED) is 0.771. The zero-order valence-corrected chi connectivity index (χ0v) is 9.15. The highest BCUT2D eigenvalue weighted by molar-refractivity contribution is 5.67. The molecule has 0 aliphatic rings. The van der Waals surface area contributed by atoms with Crippen LogP contribution in [-0.4, -0.2) is 14.9 Å². The van der Waals surface area contributed by atoms with Gasteiger partial charge in [0, 0.05) is 12.6 Å². The van der Waals surface area contributed by atoms with Crippen LogP contribution in [0.15, 0.2) is 24.3 Å². The lowest BCUT2D eigenvalue weighted by Gasteiger charge is -2.03. The molecule has 0 radical (unpaired) electrons. The normalized spacial score (nSPS) is 10.6. The average molecular weight is 202 g/mol. The van der Waals surface area contributed by atoms with Gasteiger partial charge in [-0.1, -0.05) is 29.8 Å². The number of benzene rings is 1. The Kier molecular flexibility index (Phi) is 2.23. The van der Waals surface area contributed by atoms with Crippen LogP contribution in [0.1, 0.15) is 11.3 Å². The Labute approximate surface area is 89.0 Å². The molecule has 2 aromatic rings. The monoisotopic (exact) mass is 202 g/mol. The third kappa shape index (κ3) is 1.61. The molecule has 0 saturated heterocycles. The maximum atomic E-state index is 9.86. The van der Waals surface area contributed by atoms with Crippen molar-refractivity contribution in [3.8, 4) is 17.0 Å². The van der Waals surface area contributed by atoms with Crippen LogP contribution < -0.4 is 0 Å². The summed E-state index contributed by atoms with van der Waals surface area (Å²) in [6.45, 7) is 3.84. The van der Waals surface area contributed by atoms with Gasteiger partial charge in [-0.15, -0.1) is 0 Å². The van der Waals surface area contributed by atoms with E-state index in [-0.39, 0.29) is 5.75 Å². The first kappa shape index (κ1) is 9.77. The first-order valence-corrected chi connectivity index (χ1v) is 4.89. The molecule has 0 aliphatic carbocycles. The smallest absolute Gasteiger partial charge is 0.164 e. The summed E-state index contributed by atoms with van der Waals surface area (Å²) in [6, 6.07) is 8.03. The number of aromatic hydroxyl groups is 1. The third-order valence-corrected chi connectivity index (χ3v) is 2.52. The van der Waals surface area contributed by atoms with Crippen LogP contribution in [0.3, 0.4) is 0 Å². The van der Waals surface area contributed by atoms with Crippen LogP contribution in [0.5, 0.6) is 5.75 Å². The Bertz CT molecular complexity index is 483. The zero-order chi connectivity index (χ0) is 11.0. The molecule has 1 aromatic carbocycles. The van der Waals surface area contributed by atoms with E-state index >= 15 is 0 Å². The molecule has 1 N–H and O–H groups in total. The number of aryl methyl sites for hydroxylation is 3. The van der Waals surface area contributed by atoms with Crippen molar-refractivity contribution in [1.29, 1.82) is 0 Å². The van der Waals surface area contributed by atoms with Crippen LogP contribution >= 0.6 is 0 Å². The minimum atomic E-state index is 0.265. The number of rotatable bonds is 1. The van der Waals surface area contributed by atoms with Gasteiger partial charge in [-0.2, -0.15) is 5.10 Å². The third-order valence-electron chi connectivity index (χ3n) is 2.52. The standard InChI is InChI=1S/C12H14N2O/c1-8-4-6-10(7-5-8)11-12(15)9(2)13-14(11)3/h4-7,15H,1-3H3. The van der Waals surface area contributed by atoms with E-state index in [9.17, 15) is 5.11 Å². The van der Waals surface area contributed by atoms with Crippen molar-refractivity contribution in [2.24, 2.45) is 7.05 Å². The zero-order valence-electron chi connectivity index (χ0n) is 9.15. The topological polar surface area (TPSA) is 38.1 Å². The molecule has 15 heavy (non-hydrogen) atoms. The lowest BCUT2D eigenvalue weighted by Crippen LogP contribution is -1.93. The molecule has 0 atom stereocenters. The highest BCUT2D eigenvalue weighted by atomic mass is 16.3. The molecule has 0 saturated carbocycles. The predicted molar refractivity (Wildman–Crippen MR) is 59.8 cm³/mol. The minimum Gasteiger partial charge on any atom is -0.504 e. The second kappa shape index (κ2) is 3.42. The van der Waals surface area contributed by atoms with Gasteiger partial charge in [0.05, 0.1) is 0 Å². The summed E-state index contributed by atoms with van der Waals surface area (Å²) < 4.78 is 1.70. The number of nitrogens with zero attached hydrogens (tertiary/aromatic N) is 2. The van der Waals surface area contributed by atoms with Crippen LogP contribution in [0, 0.1) is 13.8 Å². The molecule has 1 aromatic heterocycles. The van der Waals surface area contributed by atoms with Crippen molar-refractivity contribution < 1.29 is 5.11 Å².